The molecule has 2 aromatic rings. The standard InChI is InChI=1S/C7H4N2O3S/c10-7(11)6-5(9-3-13-6)4-1-8-2-12-4/h1-3H,(H,10,11). The number of nitrogens with zero attached hydrogens (tertiary/aromatic N) is 2. The summed E-state index contributed by atoms with van der Waals surface area (Å²) in [6, 6.07) is 0. The van der Waals surface area contributed by atoms with Crippen LogP contribution in [0.2, 0.25) is 0 Å². The van der Waals surface area contributed by atoms with Gasteiger partial charge in [-0.2, -0.15) is 0 Å². The van der Waals surface area contributed by atoms with Gasteiger partial charge in [-0.3, -0.25) is 0 Å². The largest absolute Gasteiger partial charge is 0.477 e. The summed E-state index contributed by atoms with van der Waals surface area (Å²) in [7, 11) is 0. The second-order valence-electron chi connectivity index (χ2n) is 2.20. The van der Waals surface area contributed by atoms with Gasteiger partial charge in [0.15, 0.2) is 12.2 Å². The smallest absolute Gasteiger partial charge is 0.348 e. The van der Waals surface area contributed by atoms with E-state index in [2.05, 4.69) is 9.97 Å². The van der Waals surface area contributed by atoms with Crippen LogP contribution in [-0.2, 0) is 0 Å². The molecule has 2 heterocycles. The summed E-state index contributed by atoms with van der Waals surface area (Å²) in [5, 5.41) is 8.76. The van der Waals surface area contributed by atoms with Crippen LogP contribution in [0.4, 0.5) is 0 Å². The molecule has 6 heteroatoms. The highest BCUT2D eigenvalue weighted by Gasteiger charge is 2.16. The number of hydrogen-bond donors (Lipinski definition) is 1. The van der Waals surface area contributed by atoms with Crippen molar-refractivity contribution in [2.75, 3.05) is 0 Å². The molecule has 2 aromatic heterocycles. The minimum Gasteiger partial charge on any atom is -0.477 e. The summed E-state index contributed by atoms with van der Waals surface area (Å²) >= 11 is 1.06. The van der Waals surface area contributed by atoms with Crippen LogP contribution in [0.1, 0.15) is 9.67 Å². The van der Waals surface area contributed by atoms with Crippen molar-refractivity contribution in [1.29, 1.82) is 0 Å². The Morgan fingerprint density at radius 2 is 2.46 bits per heavy atom. The van der Waals surface area contributed by atoms with Crippen molar-refractivity contribution in [3.8, 4) is 11.5 Å². The number of thiazole rings is 1. The van der Waals surface area contributed by atoms with Gasteiger partial charge in [-0.05, 0) is 0 Å². The van der Waals surface area contributed by atoms with Crippen LogP contribution in [0.15, 0.2) is 22.5 Å². The molecule has 0 saturated carbocycles. The van der Waals surface area contributed by atoms with Gasteiger partial charge in [0.2, 0.25) is 0 Å². The molecule has 5 nitrogen and oxygen atoms in total. The molecule has 0 unspecified atom stereocenters. The Hall–Kier alpha value is -1.69. The van der Waals surface area contributed by atoms with Crippen LogP contribution in [-0.4, -0.2) is 21.0 Å². The molecule has 0 spiro atoms. The molecular weight excluding hydrogens is 192 g/mol. The molecular formula is C7H4N2O3S. The van der Waals surface area contributed by atoms with Gasteiger partial charge in [0.25, 0.3) is 0 Å². The van der Waals surface area contributed by atoms with Crippen LogP contribution >= 0.6 is 11.3 Å². The van der Waals surface area contributed by atoms with E-state index in [-0.39, 0.29) is 4.88 Å². The van der Waals surface area contributed by atoms with Gasteiger partial charge in [0.1, 0.15) is 10.6 Å². The Labute approximate surface area is 76.7 Å². The van der Waals surface area contributed by atoms with Crippen molar-refractivity contribution in [1.82, 2.24) is 9.97 Å². The predicted octanol–water partition coefficient (Wildman–Crippen LogP) is 1.50. The zero-order chi connectivity index (χ0) is 9.26. The third kappa shape index (κ3) is 1.31. The Kier molecular flexibility index (Phi) is 1.82. The van der Waals surface area contributed by atoms with E-state index in [4.69, 9.17) is 9.52 Å². The third-order valence-corrected chi connectivity index (χ3v) is 2.24. The zero-order valence-electron chi connectivity index (χ0n) is 6.30. The number of carboxylic acid groups (broad SMARTS) is 1. The molecule has 0 aliphatic heterocycles. The molecule has 2 rings (SSSR count). The highest BCUT2D eigenvalue weighted by molar-refractivity contribution is 7.12. The molecule has 0 radical (unpaired) electrons. The van der Waals surface area contributed by atoms with Crippen molar-refractivity contribution in [3.63, 3.8) is 0 Å². The van der Waals surface area contributed by atoms with Crippen LogP contribution in [0.5, 0.6) is 0 Å². The fraction of sp³-hybridized carbons (Fsp3) is 0. The molecule has 0 saturated heterocycles. The average Bonchev–Trinajstić information content (AvgIpc) is 2.74. The minimum absolute atomic E-state index is 0.164. The summed E-state index contributed by atoms with van der Waals surface area (Å²) in [4.78, 5) is 18.4. The Morgan fingerprint density at radius 3 is 3.08 bits per heavy atom. The molecule has 0 fully saturated rings. The Balaban J connectivity index is 2.52. The SMILES string of the molecule is O=C(O)c1scnc1-c1cnco1. The lowest BCUT2D eigenvalue weighted by Crippen LogP contribution is -1.94. The lowest BCUT2D eigenvalue weighted by molar-refractivity contribution is 0.0702. The quantitative estimate of drug-likeness (QED) is 0.787. The van der Waals surface area contributed by atoms with Crippen molar-refractivity contribution in [2.45, 2.75) is 0 Å². The molecule has 0 aliphatic carbocycles. The zero-order valence-corrected chi connectivity index (χ0v) is 7.11. The number of aromatic nitrogens is 2. The van der Waals surface area contributed by atoms with Crippen LogP contribution in [0.25, 0.3) is 11.5 Å². The minimum atomic E-state index is -1.01. The van der Waals surface area contributed by atoms with E-state index < -0.39 is 5.97 Å². The first-order chi connectivity index (χ1) is 6.29. The molecule has 66 valence electrons. The van der Waals surface area contributed by atoms with Gasteiger partial charge in [0, 0.05) is 0 Å². The average molecular weight is 196 g/mol. The summed E-state index contributed by atoms with van der Waals surface area (Å²) in [5.74, 6) is -0.632. The van der Waals surface area contributed by atoms with Gasteiger partial charge in [-0.15, -0.1) is 11.3 Å². The van der Waals surface area contributed by atoms with E-state index in [9.17, 15) is 4.79 Å². The number of aromatic carboxylic acids is 1. The van der Waals surface area contributed by atoms with Crippen LogP contribution in [0.3, 0.4) is 0 Å². The second kappa shape index (κ2) is 2.98. The van der Waals surface area contributed by atoms with E-state index in [1.807, 2.05) is 0 Å². The normalized spacial score (nSPS) is 10.2. The topological polar surface area (TPSA) is 76.2 Å². The summed E-state index contributed by atoms with van der Waals surface area (Å²) in [6.07, 6.45) is 2.67. The lowest BCUT2D eigenvalue weighted by atomic mass is 10.3. The maximum Gasteiger partial charge on any atom is 0.348 e. The highest BCUT2D eigenvalue weighted by atomic mass is 32.1. The van der Waals surface area contributed by atoms with Crippen molar-refractivity contribution >= 4 is 17.3 Å². The molecule has 0 amide bonds. The van der Waals surface area contributed by atoms with E-state index in [1.54, 1.807) is 0 Å². The van der Waals surface area contributed by atoms with Gasteiger partial charge in [0.05, 0.1) is 11.7 Å². The summed E-state index contributed by atoms with van der Waals surface area (Å²) in [6.45, 7) is 0. The number of carboxylic acids is 1. The van der Waals surface area contributed by atoms with Gasteiger partial charge in [-0.25, -0.2) is 14.8 Å². The van der Waals surface area contributed by atoms with Crippen molar-refractivity contribution in [3.05, 3.63) is 23.0 Å². The van der Waals surface area contributed by atoms with Crippen LogP contribution in [0, 0.1) is 0 Å². The Morgan fingerprint density at radius 1 is 1.62 bits per heavy atom. The fourth-order valence-electron chi connectivity index (χ4n) is 0.906. The molecule has 13 heavy (non-hydrogen) atoms. The van der Waals surface area contributed by atoms with E-state index in [0.29, 0.717) is 11.5 Å². The number of carbonyl (C=O) groups is 1. The lowest BCUT2D eigenvalue weighted by Gasteiger charge is -1.90. The van der Waals surface area contributed by atoms with Crippen LogP contribution < -0.4 is 0 Å². The maximum absolute atomic E-state index is 10.7. The number of oxazole rings is 1. The summed E-state index contributed by atoms with van der Waals surface area (Å²) in [5.41, 5.74) is 1.79. The van der Waals surface area contributed by atoms with E-state index >= 15 is 0 Å². The molecule has 0 aliphatic rings. The monoisotopic (exact) mass is 196 g/mol. The molecule has 0 atom stereocenters. The maximum atomic E-state index is 10.7. The molecule has 0 aromatic carbocycles. The van der Waals surface area contributed by atoms with Gasteiger partial charge < -0.3 is 9.52 Å². The fourth-order valence-corrected chi connectivity index (χ4v) is 1.54. The molecule has 0 bridgehead atoms. The first kappa shape index (κ1) is 7.93. The Bertz CT molecular complexity index is 421. The first-order valence-electron chi connectivity index (χ1n) is 3.34. The predicted molar refractivity (Wildman–Crippen MR) is 44.6 cm³/mol. The first-order valence-corrected chi connectivity index (χ1v) is 4.22. The number of rotatable bonds is 2. The second-order valence-corrected chi connectivity index (χ2v) is 3.06. The summed E-state index contributed by atoms with van der Waals surface area (Å²) < 4.78 is 4.94. The van der Waals surface area contributed by atoms with Gasteiger partial charge in [-0.1, -0.05) is 0 Å². The third-order valence-electron chi connectivity index (χ3n) is 1.43. The molecule has 1 N–H and O–H groups in total. The van der Waals surface area contributed by atoms with Crippen molar-refractivity contribution in [2.24, 2.45) is 0 Å². The van der Waals surface area contributed by atoms with E-state index in [1.165, 1.54) is 18.1 Å². The number of hydrogen-bond acceptors (Lipinski definition) is 5. The highest BCUT2D eigenvalue weighted by Crippen LogP contribution is 2.24. The van der Waals surface area contributed by atoms with Gasteiger partial charge >= 0.3 is 5.97 Å². The van der Waals surface area contributed by atoms with E-state index in [0.717, 1.165) is 11.3 Å². The van der Waals surface area contributed by atoms with Crippen molar-refractivity contribution < 1.29 is 14.3 Å².